The van der Waals surface area contributed by atoms with Crippen LogP contribution in [0.25, 0.3) is 33.4 Å². The number of hydrogen-bond donors (Lipinski definition) is 11. The number of carboxylic acids is 1. The van der Waals surface area contributed by atoms with Crippen molar-refractivity contribution in [2.75, 3.05) is 30.6 Å². The number of aromatic carboxylic acids is 1. The van der Waals surface area contributed by atoms with Crippen LogP contribution in [-0.4, -0.2) is 108 Å². The summed E-state index contributed by atoms with van der Waals surface area (Å²) in [6, 6.07) is 8.99. The fourth-order valence-electron chi connectivity index (χ4n) is 6.91. The van der Waals surface area contributed by atoms with Crippen molar-refractivity contribution in [2.45, 2.75) is 53.2 Å². The molecule has 1 aromatic heterocycles. The molecule has 386 valence electrons. The van der Waals surface area contributed by atoms with E-state index in [-0.39, 0.29) is 52.4 Å². The lowest BCUT2D eigenvalue weighted by atomic mass is 9.89. The molecule has 1 amide bonds. The number of hydrogen-bond acceptors (Lipinski definition) is 22. The summed E-state index contributed by atoms with van der Waals surface area (Å²) >= 11 is 0. The van der Waals surface area contributed by atoms with Crippen molar-refractivity contribution < 1.29 is 101 Å². The summed E-state index contributed by atoms with van der Waals surface area (Å²) in [5, 5.41) is 20.3. The van der Waals surface area contributed by atoms with Gasteiger partial charge in [-0.25, -0.2) is 23.3 Å². The molecule has 3 unspecified atom stereocenters. The van der Waals surface area contributed by atoms with E-state index in [0.717, 1.165) is 39.6 Å². The number of anilines is 2. The molecule has 1 saturated heterocycles. The third kappa shape index (κ3) is 13.5. The monoisotopic (exact) mass is 1130 g/mol. The van der Waals surface area contributed by atoms with Gasteiger partial charge in [-0.15, -0.1) is 0 Å². The number of benzene rings is 3. The normalized spacial score (nSPS) is 18.6. The van der Waals surface area contributed by atoms with Crippen LogP contribution in [-0.2, 0) is 56.6 Å². The van der Waals surface area contributed by atoms with Crippen LogP contribution < -0.4 is 27.8 Å². The Hall–Kier alpha value is -4.60. The SMILES string of the molecule is CC(C)(CNC(=O)c1ccc(-c2c3ccc(=N)c(S(=O)(=O)O)c-3oc3c(S(=O)(=O)O)c(N)ccc23)c(C(=O)O)c1)SSCOC1C[C@H](n2ccc(N)nc2=O)O[C@@H]1COP(=O)(O)OP(=O)(O)OP(=O)(O)O. The minimum Gasteiger partial charge on any atom is -0.478 e. The Morgan fingerprint density at radius 1 is 0.958 bits per heavy atom. The number of nitrogens with two attached hydrogens (primary N) is 2. The summed E-state index contributed by atoms with van der Waals surface area (Å²) in [5.41, 5.74) is 7.83. The van der Waals surface area contributed by atoms with Crippen LogP contribution in [0.15, 0.2) is 73.7 Å². The van der Waals surface area contributed by atoms with Crippen molar-refractivity contribution in [3.05, 3.63) is 81.7 Å². The highest BCUT2D eigenvalue weighted by Crippen LogP contribution is 2.66. The lowest BCUT2D eigenvalue weighted by molar-refractivity contribution is -0.0543. The fraction of sp³-hybridized carbons (Fsp3) is 0.286. The number of rotatable bonds is 20. The van der Waals surface area contributed by atoms with Crippen LogP contribution in [0.4, 0.5) is 11.5 Å². The number of amides is 1. The molecule has 0 saturated carbocycles. The van der Waals surface area contributed by atoms with Crippen LogP contribution in [0.5, 0.6) is 0 Å². The smallest absolute Gasteiger partial charge is 0.478 e. The number of carbonyl (C=O) groups excluding carboxylic acids is 1. The van der Waals surface area contributed by atoms with E-state index < -0.39 is 129 Å². The number of nitrogens with zero attached hydrogens (tertiary/aromatic N) is 2. The number of phosphoric ester groups is 1. The zero-order valence-corrected chi connectivity index (χ0v) is 41.9. The lowest BCUT2D eigenvalue weighted by Gasteiger charge is -2.25. The molecule has 13 N–H and O–H groups in total. The van der Waals surface area contributed by atoms with Gasteiger partial charge in [0.05, 0.1) is 29.3 Å². The van der Waals surface area contributed by atoms with E-state index in [1.165, 1.54) is 41.3 Å². The van der Waals surface area contributed by atoms with Gasteiger partial charge >= 0.3 is 35.1 Å². The van der Waals surface area contributed by atoms with Crippen molar-refractivity contribution in [2.24, 2.45) is 0 Å². The molecule has 3 aliphatic rings. The Morgan fingerprint density at radius 2 is 1.62 bits per heavy atom. The zero-order chi connectivity index (χ0) is 52.8. The van der Waals surface area contributed by atoms with E-state index in [2.05, 4.69) is 18.9 Å². The summed E-state index contributed by atoms with van der Waals surface area (Å²) in [6.07, 6.45) is -2.32. The summed E-state index contributed by atoms with van der Waals surface area (Å²) in [7, 11) is -25.3. The number of ether oxygens (including phenoxy) is 2. The predicted molar refractivity (Wildman–Crippen MR) is 248 cm³/mol. The first kappa shape index (κ1) is 55.7. The molecule has 71 heavy (non-hydrogen) atoms. The zero-order valence-electron chi connectivity index (χ0n) is 35.9. The Bertz CT molecular complexity index is 3420. The average molecular weight is 1130 g/mol. The standard InChI is InChI=1S/C35H39N6O23P3S4/c1-35(2,69-68-15-59-23-12-26(41-10-9-25(38)40-34(41)45)61-24(23)13-60-66(49,50)64-67(51,52)63-65(46,47)48)14-39-32(42)16-3-4-17(20(11-16)33(43)44)27-18-5-7-21(36)30(70(53,54)55)28(18)62-29-19(27)6-8-22(37)31(29)71(56,57)58/h3-11,23-24,26,36H,12-15,37H2,1-2H3,(H,39,42)(H,43,44)(H,49,50)(H,51,52)(H2,38,40,45)(H2,46,47,48)(H,53,54,55)(H,56,57,58)/t23?,24-,26-/m1/s1. The van der Waals surface area contributed by atoms with E-state index in [1.807, 2.05) is 0 Å². The minimum atomic E-state index is -5.85. The van der Waals surface area contributed by atoms with E-state index in [0.29, 0.717) is 0 Å². The largest absolute Gasteiger partial charge is 0.490 e. The number of nitrogens with one attached hydrogen (secondary N) is 2. The van der Waals surface area contributed by atoms with Crippen LogP contribution in [0, 0.1) is 5.41 Å². The van der Waals surface area contributed by atoms with E-state index in [1.54, 1.807) is 13.8 Å². The van der Waals surface area contributed by atoms with Gasteiger partial charge in [-0.3, -0.25) is 28.4 Å². The number of carbonyl (C=O) groups is 2. The molecule has 0 radical (unpaired) electrons. The number of phosphoric acid groups is 3. The van der Waals surface area contributed by atoms with Crippen LogP contribution in [0.3, 0.4) is 0 Å². The topological polar surface area (TPSA) is 477 Å². The van der Waals surface area contributed by atoms with Crippen LogP contribution >= 0.6 is 45.1 Å². The number of aromatic nitrogens is 2. The third-order valence-corrected chi connectivity index (χ3v) is 18.3. The van der Waals surface area contributed by atoms with Gasteiger partial charge in [-0.05, 0) is 61.9 Å². The summed E-state index contributed by atoms with van der Waals surface area (Å²) in [5.74, 6) is -3.46. The van der Waals surface area contributed by atoms with Crippen molar-refractivity contribution in [3.8, 4) is 22.5 Å². The van der Waals surface area contributed by atoms with Gasteiger partial charge in [0.15, 0.2) is 21.1 Å². The van der Waals surface area contributed by atoms with Crippen molar-refractivity contribution in [1.82, 2.24) is 14.9 Å². The molecular weight excluding hydrogens is 1090 g/mol. The van der Waals surface area contributed by atoms with Gasteiger partial charge < -0.3 is 55.4 Å². The molecule has 29 nitrogen and oxygen atoms in total. The fourth-order valence-corrected chi connectivity index (χ4v) is 13.6. The maximum Gasteiger partial charge on any atom is 0.490 e. The van der Waals surface area contributed by atoms with Gasteiger partial charge in [-0.2, -0.15) is 30.4 Å². The molecule has 3 heterocycles. The Kier molecular flexibility index (Phi) is 16.3. The highest BCUT2D eigenvalue weighted by Gasteiger charge is 2.44. The second-order valence-corrected chi connectivity index (χ2v) is 25.5. The Labute approximate surface area is 407 Å². The van der Waals surface area contributed by atoms with Crippen molar-refractivity contribution in [1.29, 1.82) is 5.41 Å². The minimum absolute atomic E-state index is 0.0683. The van der Waals surface area contributed by atoms with Gasteiger partial charge in [-0.1, -0.05) is 27.7 Å². The van der Waals surface area contributed by atoms with Crippen LogP contribution in [0.2, 0.25) is 0 Å². The second kappa shape index (κ2) is 20.7. The molecule has 0 spiro atoms. The molecule has 1 aliphatic carbocycles. The predicted octanol–water partition coefficient (Wildman–Crippen LogP) is 3.16. The molecule has 3 aromatic rings. The van der Waals surface area contributed by atoms with Gasteiger partial charge in [0.1, 0.15) is 24.1 Å². The first-order valence-electron chi connectivity index (χ1n) is 19.3. The van der Waals surface area contributed by atoms with E-state index in [4.69, 9.17) is 45.1 Å². The molecule has 6 rings (SSSR count). The van der Waals surface area contributed by atoms with Crippen molar-refractivity contribution >= 4 is 99.6 Å². The first-order valence-corrected chi connectivity index (χ1v) is 29.1. The van der Waals surface area contributed by atoms with Gasteiger partial charge in [0.2, 0.25) is 0 Å². The summed E-state index contributed by atoms with van der Waals surface area (Å²) in [4.78, 5) is 77.5. The summed E-state index contributed by atoms with van der Waals surface area (Å²) < 4.78 is 135. The number of fused-ring (bicyclic) bond motifs is 2. The molecular formula is C35H39N6O23P3S4. The molecule has 2 aliphatic heterocycles. The number of nitrogen functional groups attached to an aromatic ring is 2. The summed E-state index contributed by atoms with van der Waals surface area (Å²) in [6.45, 7) is 2.44. The quantitative estimate of drug-likeness (QED) is 0.0101. The molecule has 0 bridgehead atoms. The highest BCUT2D eigenvalue weighted by molar-refractivity contribution is 8.77. The van der Waals surface area contributed by atoms with E-state index >= 15 is 0 Å². The lowest BCUT2D eigenvalue weighted by Crippen LogP contribution is -2.36. The first-order chi connectivity index (χ1) is 32.7. The second-order valence-electron chi connectivity index (χ2n) is 15.4. The van der Waals surface area contributed by atoms with Gasteiger partial charge in [0.25, 0.3) is 26.1 Å². The molecule has 1 fully saturated rings. The number of carboxylic acid groups (broad SMARTS) is 1. The highest BCUT2D eigenvalue weighted by atomic mass is 33.1. The third-order valence-electron chi connectivity index (χ3n) is 9.74. The molecule has 36 heteroatoms. The van der Waals surface area contributed by atoms with Crippen molar-refractivity contribution in [3.63, 3.8) is 0 Å². The Balaban J connectivity index is 1.18. The Morgan fingerprint density at radius 3 is 2.24 bits per heavy atom. The van der Waals surface area contributed by atoms with Crippen LogP contribution in [0.1, 0.15) is 47.2 Å². The molecule has 5 atom stereocenters. The average Bonchev–Trinajstić information content (AvgIpc) is 3.62. The van der Waals surface area contributed by atoms with E-state index in [9.17, 15) is 68.9 Å². The maximum absolute atomic E-state index is 13.6. The maximum atomic E-state index is 13.6. The van der Waals surface area contributed by atoms with Gasteiger partial charge in [0, 0.05) is 46.0 Å². The molecule has 2 aromatic carbocycles.